The summed E-state index contributed by atoms with van der Waals surface area (Å²) < 4.78 is 33.3. The molecule has 1 atom stereocenters. The third-order valence-corrected chi connectivity index (χ3v) is 5.43. The lowest BCUT2D eigenvalue weighted by molar-refractivity contribution is 0.0543. The normalized spacial score (nSPS) is 15.9. The largest absolute Gasteiger partial charge is 0.337 e. The van der Waals surface area contributed by atoms with Gasteiger partial charge in [-0.25, -0.2) is 8.78 Å². The summed E-state index contributed by atoms with van der Waals surface area (Å²) >= 11 is 0. The van der Waals surface area contributed by atoms with Crippen LogP contribution in [0, 0.1) is 18.6 Å². The average Bonchev–Trinajstić information content (AvgIpc) is 3.24. The van der Waals surface area contributed by atoms with Gasteiger partial charge in [-0.2, -0.15) is 4.98 Å². The average molecular weight is 412 g/mol. The predicted octanol–water partition coefficient (Wildman–Crippen LogP) is 3.84. The molecule has 8 heteroatoms. The maximum Gasteiger partial charge on any atom is 0.259 e. The van der Waals surface area contributed by atoms with Crippen molar-refractivity contribution in [3.05, 3.63) is 71.1 Å². The summed E-state index contributed by atoms with van der Waals surface area (Å²) in [4.78, 5) is 20.6. The highest BCUT2D eigenvalue weighted by atomic mass is 19.1. The summed E-state index contributed by atoms with van der Waals surface area (Å²) in [5.41, 5.74) is 1.53. The smallest absolute Gasteiger partial charge is 0.259 e. The zero-order chi connectivity index (χ0) is 21.3. The molecule has 1 fully saturated rings. The molecule has 1 saturated heterocycles. The van der Waals surface area contributed by atoms with E-state index in [-0.39, 0.29) is 6.04 Å². The van der Waals surface area contributed by atoms with Gasteiger partial charge in [0.05, 0.1) is 6.04 Å². The first-order chi connectivity index (χ1) is 14.4. The first-order valence-electron chi connectivity index (χ1n) is 9.82. The Morgan fingerprint density at radius 3 is 2.30 bits per heavy atom. The highest BCUT2D eigenvalue weighted by molar-refractivity contribution is 5.94. The number of carbonyl (C=O) groups excluding carboxylic acids is 1. The molecule has 1 amide bonds. The second-order valence-corrected chi connectivity index (χ2v) is 7.42. The number of hydrogen-bond acceptors (Lipinski definition) is 5. The molecule has 2 heterocycles. The molecule has 1 aliphatic heterocycles. The Kier molecular flexibility index (Phi) is 5.59. The van der Waals surface area contributed by atoms with Crippen molar-refractivity contribution >= 4 is 5.91 Å². The molecule has 0 N–H and O–H groups in total. The van der Waals surface area contributed by atoms with Gasteiger partial charge in [0.2, 0.25) is 11.7 Å². The molecule has 0 saturated carbocycles. The number of aryl methyl sites for hydroxylation is 1. The number of benzene rings is 2. The van der Waals surface area contributed by atoms with Crippen LogP contribution < -0.4 is 0 Å². The SMILES string of the molecule is Cc1ccc(-c2noc(C(C)N3CCN(C(=O)c4c(F)cccc4F)CC3)n2)cc1. The van der Waals surface area contributed by atoms with E-state index >= 15 is 0 Å². The number of nitrogens with zero attached hydrogens (tertiary/aromatic N) is 4. The van der Waals surface area contributed by atoms with Gasteiger partial charge in [-0.1, -0.05) is 41.1 Å². The molecule has 4 rings (SSSR count). The molecule has 1 aliphatic rings. The third kappa shape index (κ3) is 3.95. The molecule has 0 bridgehead atoms. The fourth-order valence-corrected chi connectivity index (χ4v) is 3.55. The Bertz CT molecular complexity index is 1020. The first-order valence-corrected chi connectivity index (χ1v) is 9.82. The molecule has 1 aromatic heterocycles. The number of carbonyl (C=O) groups is 1. The lowest BCUT2D eigenvalue weighted by Crippen LogP contribution is -2.49. The molecule has 1 unspecified atom stereocenters. The Balaban J connectivity index is 1.41. The minimum atomic E-state index is -0.842. The molecule has 2 aromatic carbocycles. The van der Waals surface area contributed by atoms with Crippen molar-refractivity contribution in [1.29, 1.82) is 0 Å². The first kappa shape index (κ1) is 20.2. The van der Waals surface area contributed by atoms with Crippen molar-refractivity contribution in [3.8, 4) is 11.4 Å². The monoisotopic (exact) mass is 412 g/mol. The van der Waals surface area contributed by atoms with Crippen molar-refractivity contribution in [2.45, 2.75) is 19.9 Å². The molecule has 0 aliphatic carbocycles. The Morgan fingerprint density at radius 1 is 1.03 bits per heavy atom. The lowest BCUT2D eigenvalue weighted by atomic mass is 10.1. The zero-order valence-electron chi connectivity index (χ0n) is 16.8. The minimum Gasteiger partial charge on any atom is -0.337 e. The summed E-state index contributed by atoms with van der Waals surface area (Å²) in [6.07, 6.45) is 0. The summed E-state index contributed by atoms with van der Waals surface area (Å²) in [6.45, 7) is 5.75. The van der Waals surface area contributed by atoms with Gasteiger partial charge in [-0.15, -0.1) is 0 Å². The van der Waals surface area contributed by atoms with Crippen LogP contribution in [0.25, 0.3) is 11.4 Å². The predicted molar refractivity (Wildman–Crippen MR) is 107 cm³/mol. The van der Waals surface area contributed by atoms with Crippen LogP contribution in [0.2, 0.25) is 0 Å². The molecule has 3 aromatic rings. The van der Waals surface area contributed by atoms with Gasteiger partial charge < -0.3 is 9.42 Å². The molecule has 0 radical (unpaired) electrons. The van der Waals surface area contributed by atoms with Crippen LogP contribution in [-0.2, 0) is 0 Å². The number of amides is 1. The van der Waals surface area contributed by atoms with Crippen LogP contribution in [0.15, 0.2) is 47.0 Å². The van der Waals surface area contributed by atoms with Gasteiger partial charge in [-0.05, 0) is 26.0 Å². The van der Waals surface area contributed by atoms with Crippen molar-refractivity contribution in [2.75, 3.05) is 26.2 Å². The van der Waals surface area contributed by atoms with E-state index in [1.807, 2.05) is 38.1 Å². The van der Waals surface area contributed by atoms with E-state index in [0.717, 1.165) is 23.3 Å². The van der Waals surface area contributed by atoms with E-state index in [0.29, 0.717) is 37.9 Å². The molecule has 30 heavy (non-hydrogen) atoms. The Morgan fingerprint density at radius 2 is 1.67 bits per heavy atom. The highest BCUT2D eigenvalue weighted by Crippen LogP contribution is 2.24. The summed E-state index contributed by atoms with van der Waals surface area (Å²) in [6, 6.07) is 11.2. The van der Waals surface area contributed by atoms with E-state index in [1.165, 1.54) is 11.0 Å². The van der Waals surface area contributed by atoms with Crippen molar-refractivity contribution in [2.24, 2.45) is 0 Å². The van der Waals surface area contributed by atoms with Crippen LogP contribution in [0.5, 0.6) is 0 Å². The Labute approximate surface area is 173 Å². The van der Waals surface area contributed by atoms with Gasteiger partial charge >= 0.3 is 0 Å². The van der Waals surface area contributed by atoms with Crippen LogP contribution in [0.4, 0.5) is 8.78 Å². The van der Waals surface area contributed by atoms with Gasteiger partial charge in [0, 0.05) is 31.7 Å². The minimum absolute atomic E-state index is 0.140. The molecular weight excluding hydrogens is 390 g/mol. The quantitative estimate of drug-likeness (QED) is 0.652. The van der Waals surface area contributed by atoms with E-state index < -0.39 is 23.1 Å². The van der Waals surface area contributed by atoms with Gasteiger partial charge in [-0.3, -0.25) is 9.69 Å². The lowest BCUT2D eigenvalue weighted by Gasteiger charge is -2.36. The topological polar surface area (TPSA) is 62.5 Å². The zero-order valence-corrected chi connectivity index (χ0v) is 16.8. The van der Waals surface area contributed by atoms with E-state index in [4.69, 9.17) is 4.52 Å². The van der Waals surface area contributed by atoms with Crippen molar-refractivity contribution < 1.29 is 18.1 Å². The van der Waals surface area contributed by atoms with Crippen LogP contribution in [0.3, 0.4) is 0 Å². The number of piperazine rings is 1. The second kappa shape index (κ2) is 8.31. The third-order valence-electron chi connectivity index (χ3n) is 5.43. The van der Waals surface area contributed by atoms with E-state index in [1.54, 1.807) is 0 Å². The maximum absolute atomic E-state index is 13.9. The number of halogens is 2. The summed E-state index contributed by atoms with van der Waals surface area (Å²) in [7, 11) is 0. The molecule has 156 valence electrons. The number of aromatic nitrogens is 2. The van der Waals surface area contributed by atoms with E-state index in [9.17, 15) is 13.6 Å². The van der Waals surface area contributed by atoms with Crippen LogP contribution in [-0.4, -0.2) is 52.0 Å². The van der Waals surface area contributed by atoms with Gasteiger partial charge in [0.25, 0.3) is 5.91 Å². The van der Waals surface area contributed by atoms with Crippen LogP contribution in [0.1, 0.15) is 34.8 Å². The molecule has 6 nitrogen and oxygen atoms in total. The summed E-state index contributed by atoms with van der Waals surface area (Å²) in [5, 5.41) is 4.07. The fraction of sp³-hybridized carbons (Fsp3) is 0.318. The molecular formula is C22H22F2N4O2. The maximum atomic E-state index is 13.9. The molecule has 0 spiro atoms. The summed E-state index contributed by atoms with van der Waals surface area (Å²) in [5.74, 6) is -1.29. The van der Waals surface area contributed by atoms with Gasteiger partial charge in [0.15, 0.2) is 0 Å². The van der Waals surface area contributed by atoms with Crippen molar-refractivity contribution in [3.63, 3.8) is 0 Å². The fourth-order valence-electron chi connectivity index (χ4n) is 3.55. The standard InChI is InChI=1S/C22H22F2N4O2/c1-14-6-8-16(9-7-14)20-25-21(30-26-20)15(2)27-10-12-28(13-11-27)22(29)19-17(23)4-3-5-18(19)24/h3-9,15H,10-13H2,1-2H3. The highest BCUT2D eigenvalue weighted by Gasteiger charge is 2.30. The number of hydrogen-bond donors (Lipinski definition) is 0. The van der Waals surface area contributed by atoms with Gasteiger partial charge in [0.1, 0.15) is 17.2 Å². The number of rotatable bonds is 4. The second-order valence-electron chi connectivity index (χ2n) is 7.42. The van der Waals surface area contributed by atoms with Crippen molar-refractivity contribution in [1.82, 2.24) is 19.9 Å². The van der Waals surface area contributed by atoms with E-state index in [2.05, 4.69) is 15.0 Å². The Hall–Kier alpha value is -3.13. The van der Waals surface area contributed by atoms with Crippen LogP contribution >= 0.6 is 0 Å².